The Morgan fingerprint density at radius 3 is 1.38 bits per heavy atom. The Bertz CT molecular complexity index is 2730. The third kappa shape index (κ3) is 6.20. The molecule has 270 valence electrons. The second-order valence-corrected chi connectivity index (χ2v) is 16.8. The largest absolute Gasteiger partial charge is 0.505 e. The van der Waals surface area contributed by atoms with Gasteiger partial charge in [-0.3, -0.25) is 13.7 Å². The van der Waals surface area contributed by atoms with Gasteiger partial charge in [-0.2, -0.15) is 27.1 Å². The Hall–Kier alpha value is -5.95. The van der Waals surface area contributed by atoms with Gasteiger partial charge in [-0.05, 0) is 83.6 Å². The summed E-state index contributed by atoms with van der Waals surface area (Å²) in [5, 5.41) is 38.3. The molecular weight excluding hydrogens is 750 g/mol. The third-order valence-corrected chi connectivity index (χ3v) is 12.3. The maximum absolute atomic E-state index is 14.2. The number of benzene rings is 6. The molecule has 0 unspecified atom stereocenters. The first-order valence-corrected chi connectivity index (χ1v) is 19.6. The molecule has 0 amide bonds. The van der Waals surface area contributed by atoms with E-state index >= 15 is 0 Å². The summed E-state index contributed by atoms with van der Waals surface area (Å²) in [6.07, 6.45) is 0. The van der Waals surface area contributed by atoms with Crippen LogP contribution in [0, 0.1) is 0 Å². The van der Waals surface area contributed by atoms with Crippen molar-refractivity contribution in [2.75, 3.05) is 23.4 Å². The molecule has 0 fully saturated rings. The minimum atomic E-state index is -4.90. The quantitative estimate of drug-likeness (QED) is 0.0430. The van der Waals surface area contributed by atoms with E-state index in [2.05, 4.69) is 20.5 Å². The number of fused-ring (bicyclic) bond motifs is 4. The molecule has 1 heterocycles. The van der Waals surface area contributed by atoms with Gasteiger partial charge < -0.3 is 31.5 Å². The molecule has 0 bridgehead atoms. The number of anilines is 4. The molecule has 0 saturated heterocycles. The van der Waals surface area contributed by atoms with Crippen molar-refractivity contribution in [3.05, 3.63) is 84.9 Å². The van der Waals surface area contributed by atoms with E-state index in [0.29, 0.717) is 11.4 Å². The molecule has 0 atom stereocenters. The number of rotatable bonds is 6. The summed E-state index contributed by atoms with van der Waals surface area (Å²) in [7, 11) is -12.6. The minimum absolute atomic E-state index is 0.0239. The van der Waals surface area contributed by atoms with Crippen LogP contribution >= 0.6 is 7.37 Å². The zero-order valence-electron chi connectivity index (χ0n) is 27.0. The monoisotopic (exact) mass is 775 g/mol. The van der Waals surface area contributed by atoms with E-state index in [1.807, 2.05) is 0 Å². The SMILES string of the molecule is CN1c2ccc(N=Nc3c(S(=O)(=O)O)cc4ccc(N)cc4c3O)cc2P(=O)(O)c2cc(N=Nc3c(S(=O)(=O)O)cc4ccc(N)cc4c3O)ccc21. The summed E-state index contributed by atoms with van der Waals surface area (Å²) in [5.41, 5.74) is 11.6. The van der Waals surface area contributed by atoms with E-state index in [1.165, 1.54) is 72.8 Å². The lowest BCUT2D eigenvalue weighted by Crippen LogP contribution is -2.32. The number of hydrogen-bond acceptors (Lipinski definition) is 14. The van der Waals surface area contributed by atoms with Crippen molar-refractivity contribution in [2.24, 2.45) is 20.5 Å². The molecule has 20 heteroatoms. The Balaban J connectivity index is 1.29. The molecule has 6 aromatic rings. The van der Waals surface area contributed by atoms with Gasteiger partial charge in [0.05, 0.1) is 33.4 Å². The summed E-state index contributed by atoms with van der Waals surface area (Å²) >= 11 is 0. The molecule has 0 radical (unpaired) electrons. The number of hydrogen-bond donors (Lipinski definition) is 7. The summed E-state index contributed by atoms with van der Waals surface area (Å²) in [5.74, 6) is -1.26. The highest BCUT2D eigenvalue weighted by Gasteiger charge is 2.37. The average Bonchev–Trinajstić information content (AvgIpc) is 3.09. The Kier molecular flexibility index (Phi) is 8.25. The lowest BCUT2D eigenvalue weighted by atomic mass is 10.1. The second-order valence-electron chi connectivity index (χ2n) is 11.9. The molecule has 7 rings (SSSR count). The Morgan fingerprint density at radius 1 is 0.604 bits per heavy atom. The van der Waals surface area contributed by atoms with Gasteiger partial charge in [0.15, 0.2) is 11.5 Å². The van der Waals surface area contributed by atoms with Crippen molar-refractivity contribution in [2.45, 2.75) is 9.79 Å². The fourth-order valence-electron chi connectivity index (χ4n) is 5.98. The topological polar surface area (TPSA) is 291 Å². The molecule has 0 spiro atoms. The molecule has 53 heavy (non-hydrogen) atoms. The van der Waals surface area contributed by atoms with Gasteiger partial charge in [0.2, 0.25) is 0 Å². The van der Waals surface area contributed by atoms with Gasteiger partial charge in [0, 0.05) is 29.2 Å². The zero-order chi connectivity index (χ0) is 38.2. The maximum Gasteiger partial charge on any atom is 0.296 e. The van der Waals surface area contributed by atoms with Crippen LogP contribution in [0.15, 0.2) is 115 Å². The zero-order valence-corrected chi connectivity index (χ0v) is 29.5. The highest BCUT2D eigenvalue weighted by molar-refractivity contribution is 7.86. The van der Waals surface area contributed by atoms with Crippen LogP contribution in [-0.2, 0) is 24.8 Å². The number of nitrogen functional groups attached to an aromatic ring is 2. The molecule has 9 N–H and O–H groups in total. The van der Waals surface area contributed by atoms with Gasteiger partial charge in [-0.15, -0.1) is 10.2 Å². The van der Waals surface area contributed by atoms with Crippen LogP contribution in [0.4, 0.5) is 45.5 Å². The molecule has 1 aliphatic rings. The van der Waals surface area contributed by atoms with Gasteiger partial charge in [-0.1, -0.05) is 12.1 Å². The van der Waals surface area contributed by atoms with Crippen LogP contribution in [0.5, 0.6) is 11.5 Å². The summed E-state index contributed by atoms with van der Waals surface area (Å²) in [6, 6.07) is 19.1. The smallest absolute Gasteiger partial charge is 0.296 e. The van der Waals surface area contributed by atoms with E-state index in [1.54, 1.807) is 11.9 Å². The highest BCUT2D eigenvalue weighted by Crippen LogP contribution is 2.51. The van der Waals surface area contributed by atoms with Crippen LogP contribution in [0.2, 0.25) is 0 Å². The van der Waals surface area contributed by atoms with Crippen molar-refractivity contribution in [3.63, 3.8) is 0 Å². The van der Waals surface area contributed by atoms with Crippen molar-refractivity contribution in [1.29, 1.82) is 0 Å². The van der Waals surface area contributed by atoms with Crippen molar-refractivity contribution >= 4 is 105 Å². The molecule has 6 aromatic carbocycles. The average molecular weight is 776 g/mol. The minimum Gasteiger partial charge on any atom is -0.505 e. The first kappa shape index (κ1) is 35.5. The van der Waals surface area contributed by atoms with Gasteiger partial charge >= 0.3 is 0 Å². The van der Waals surface area contributed by atoms with Crippen molar-refractivity contribution < 1.29 is 45.6 Å². The highest BCUT2D eigenvalue weighted by atomic mass is 32.2. The number of phenolic OH excluding ortho intramolecular Hbond substituents is 2. The number of nitrogens with two attached hydrogens (primary N) is 2. The lowest BCUT2D eigenvalue weighted by Gasteiger charge is -2.32. The standard InChI is InChI=1S/C33H26N7O10PS2/c1-40-24-8-6-20(36-38-30-28(52(45,46)47)10-16-2-4-18(34)12-22(16)32(30)41)14-26(24)51(43,44)27-15-21(7-9-25(27)40)37-39-31-29(53(48,49)50)11-17-3-5-19(35)13-23(17)33(31)42/h2-15,41-42H,34-35H2,1H3,(H,43,44)(H,45,46,47)(H,48,49,50). The molecule has 1 aliphatic heterocycles. The number of azo groups is 2. The van der Waals surface area contributed by atoms with E-state index in [4.69, 9.17) is 11.5 Å². The van der Waals surface area contributed by atoms with Gasteiger partial charge in [-0.25, -0.2) is 0 Å². The number of phenols is 2. The summed E-state index contributed by atoms with van der Waals surface area (Å²) in [6.45, 7) is 0. The third-order valence-electron chi connectivity index (χ3n) is 8.53. The van der Waals surface area contributed by atoms with Crippen LogP contribution in [-0.4, -0.2) is 48.1 Å². The lowest BCUT2D eigenvalue weighted by molar-refractivity contribution is 0.472. The van der Waals surface area contributed by atoms with Gasteiger partial charge in [0.1, 0.15) is 21.2 Å². The van der Waals surface area contributed by atoms with Crippen molar-refractivity contribution in [1.82, 2.24) is 0 Å². The normalized spacial score (nSPS) is 16.1. The molecule has 17 nitrogen and oxygen atoms in total. The fraction of sp³-hybridized carbons (Fsp3) is 0.0303. The predicted molar refractivity (Wildman–Crippen MR) is 198 cm³/mol. The van der Waals surface area contributed by atoms with E-state index in [0.717, 1.165) is 12.1 Å². The fourth-order valence-corrected chi connectivity index (χ4v) is 9.24. The van der Waals surface area contributed by atoms with E-state index in [9.17, 15) is 45.6 Å². The molecule has 0 aromatic heterocycles. The number of aromatic hydroxyl groups is 2. The van der Waals surface area contributed by atoms with Gasteiger partial charge in [0.25, 0.3) is 27.6 Å². The second kappa shape index (κ2) is 12.3. The van der Waals surface area contributed by atoms with Crippen molar-refractivity contribution in [3.8, 4) is 11.5 Å². The predicted octanol–water partition coefficient (Wildman–Crippen LogP) is 6.20. The molecule has 0 saturated carbocycles. The molecule has 0 aliphatic carbocycles. The first-order valence-electron chi connectivity index (χ1n) is 15.1. The van der Waals surface area contributed by atoms with Crippen LogP contribution in [0.3, 0.4) is 0 Å². The Morgan fingerprint density at radius 2 is 1.00 bits per heavy atom. The first-order chi connectivity index (χ1) is 24.8. The Labute approximate surface area is 300 Å². The van der Waals surface area contributed by atoms with Crippen LogP contribution in [0.25, 0.3) is 21.5 Å². The molecular formula is C33H26N7O10PS2. The van der Waals surface area contributed by atoms with Crippen LogP contribution < -0.4 is 27.0 Å². The van der Waals surface area contributed by atoms with Crippen LogP contribution in [0.1, 0.15) is 0 Å². The summed E-state index contributed by atoms with van der Waals surface area (Å²) < 4.78 is 82.8. The van der Waals surface area contributed by atoms with E-state index in [-0.39, 0.29) is 54.9 Å². The van der Waals surface area contributed by atoms with E-state index < -0.39 is 60.3 Å². The maximum atomic E-state index is 14.2. The summed E-state index contributed by atoms with van der Waals surface area (Å²) in [4.78, 5) is 11.7. The number of nitrogens with zero attached hydrogens (tertiary/aromatic N) is 5.